The number of aliphatic hydroxyl groups excluding tert-OH is 11. The number of ether oxygens (including phenoxy) is 9. The summed E-state index contributed by atoms with van der Waals surface area (Å²) in [5, 5.41) is 135. The highest BCUT2D eigenvalue weighted by Gasteiger charge is 2.47. The Morgan fingerprint density at radius 1 is 0.398 bits per heavy atom. The van der Waals surface area contributed by atoms with Gasteiger partial charge in [0.25, 0.3) is 0 Å². The van der Waals surface area contributed by atoms with Crippen molar-refractivity contribution in [1.29, 1.82) is 0 Å². The Balaban J connectivity index is 1.33. The molecule has 9 amide bonds. The number of rotatable bonds is 50. The molecule has 4 fully saturated rings. The molecule has 594 valence electrons. The van der Waals surface area contributed by atoms with Gasteiger partial charge >= 0.3 is 0 Å². The zero-order valence-electron chi connectivity index (χ0n) is 59.1. The predicted octanol–water partition coefficient (Wildman–Crippen LogP) is -7.81. The number of carbonyl (C=O) groups excluding carboxylic acids is 9. The van der Waals surface area contributed by atoms with Gasteiger partial charge in [0.05, 0.1) is 98.1 Å². The molecule has 17 unspecified atom stereocenters. The van der Waals surface area contributed by atoms with Gasteiger partial charge in [0.15, 0.2) is 18.9 Å². The van der Waals surface area contributed by atoms with Crippen LogP contribution in [0.25, 0.3) is 0 Å². The van der Waals surface area contributed by atoms with E-state index < -0.39 is 183 Å². The van der Waals surface area contributed by atoms with Crippen LogP contribution in [0.3, 0.4) is 0 Å². The highest BCUT2D eigenvalue weighted by Crippen LogP contribution is 2.27. The fourth-order valence-electron chi connectivity index (χ4n) is 12.0. The Morgan fingerprint density at radius 3 is 1.21 bits per heavy atom. The number of aliphatic hydroxyl groups is 11. The van der Waals surface area contributed by atoms with Crippen LogP contribution in [-0.2, 0) is 85.8 Å². The van der Waals surface area contributed by atoms with Crippen LogP contribution in [0, 0.1) is 11.8 Å². The van der Waals surface area contributed by atoms with Gasteiger partial charge < -0.3 is 147 Å². The van der Waals surface area contributed by atoms with Crippen LogP contribution >= 0.6 is 0 Å². The maximum Gasteiger partial charge on any atom is 0.242 e. The zero-order chi connectivity index (χ0) is 75.8. The average molecular weight is 1490 g/mol. The average Bonchev–Trinajstić information content (AvgIpc) is 1.71. The normalized spacial score (nSPS) is 28.4. The van der Waals surface area contributed by atoms with Crippen molar-refractivity contribution in [3.63, 3.8) is 0 Å². The summed E-state index contributed by atoms with van der Waals surface area (Å²) < 4.78 is 50.6. The summed E-state index contributed by atoms with van der Waals surface area (Å²) in [7, 11) is 0. The molecule has 0 radical (unpaired) electrons. The SMILES string of the molecule is CC(=O)NC1C(OCCOCCNC(=O)C(CCC(=O)NC(CCC(=O)NCCOCCOC2OC(CO)C(O)C(O)C2NC(C)=O)C(=O)NCCOCCOC2OC(CO)C(O)C(O)C2NC(C)=O)NC(=O)CCCCCCCCCCC(=O)N[C@H]2C[C@@H](CO)[C@H](O)C2)OCC(CO)C(O)C1O. The van der Waals surface area contributed by atoms with Crippen LogP contribution in [-0.4, -0.2) is 332 Å². The molecule has 38 nitrogen and oxygen atoms in total. The van der Waals surface area contributed by atoms with Gasteiger partial charge in [-0.15, -0.1) is 0 Å². The monoisotopic (exact) mass is 1490 g/mol. The molecule has 4 aliphatic rings. The molecule has 20 atom stereocenters. The second-order valence-electron chi connectivity index (χ2n) is 26.0. The third-order valence-corrected chi connectivity index (χ3v) is 17.7. The number of nitrogens with one attached hydrogen (secondary N) is 9. The van der Waals surface area contributed by atoms with Crippen LogP contribution < -0.4 is 47.9 Å². The van der Waals surface area contributed by atoms with Crippen molar-refractivity contribution in [1.82, 2.24) is 47.9 Å². The minimum Gasteiger partial charge on any atom is -0.396 e. The first-order chi connectivity index (χ1) is 49.3. The lowest BCUT2D eigenvalue weighted by Gasteiger charge is -2.42. The van der Waals surface area contributed by atoms with E-state index in [4.69, 9.17) is 42.6 Å². The fourth-order valence-corrected chi connectivity index (χ4v) is 12.0. The first-order valence-corrected chi connectivity index (χ1v) is 35.5. The Kier molecular flexibility index (Phi) is 43.7. The highest BCUT2D eigenvalue weighted by molar-refractivity contribution is 5.90. The molecule has 1 aliphatic carbocycles. The first-order valence-electron chi connectivity index (χ1n) is 35.5. The van der Waals surface area contributed by atoms with Crippen LogP contribution in [0.15, 0.2) is 0 Å². The summed E-state index contributed by atoms with van der Waals surface area (Å²) in [5.74, 6) is -5.97. The van der Waals surface area contributed by atoms with Crippen LogP contribution in [0.1, 0.15) is 124 Å². The fraction of sp³-hybridized carbons (Fsp3) is 0.862. The second kappa shape index (κ2) is 50.1. The molecule has 0 bridgehead atoms. The maximum absolute atomic E-state index is 13.8. The van der Waals surface area contributed by atoms with Gasteiger partial charge in [-0.1, -0.05) is 38.5 Å². The Morgan fingerprint density at radius 2 is 0.786 bits per heavy atom. The molecule has 3 aliphatic heterocycles. The predicted molar refractivity (Wildman–Crippen MR) is 356 cm³/mol. The van der Waals surface area contributed by atoms with Crippen LogP contribution in [0.5, 0.6) is 0 Å². The van der Waals surface area contributed by atoms with Crippen molar-refractivity contribution in [2.24, 2.45) is 11.8 Å². The molecule has 38 heteroatoms. The van der Waals surface area contributed by atoms with E-state index in [9.17, 15) is 99.3 Å². The number of carbonyl (C=O) groups is 9. The second-order valence-corrected chi connectivity index (χ2v) is 26.0. The molecule has 4 rings (SSSR count). The summed E-state index contributed by atoms with van der Waals surface area (Å²) in [4.78, 5) is 116. The van der Waals surface area contributed by atoms with E-state index in [0.717, 1.165) is 32.1 Å². The van der Waals surface area contributed by atoms with Gasteiger partial charge in [-0.3, -0.25) is 43.2 Å². The Labute approximate surface area is 598 Å². The third kappa shape index (κ3) is 33.4. The Hall–Kier alpha value is -5.57. The smallest absolute Gasteiger partial charge is 0.242 e. The molecule has 0 aromatic rings. The largest absolute Gasteiger partial charge is 0.396 e. The lowest BCUT2D eigenvalue weighted by Crippen LogP contribution is -2.64. The lowest BCUT2D eigenvalue weighted by molar-refractivity contribution is -0.272. The van der Waals surface area contributed by atoms with Crippen molar-refractivity contribution in [2.45, 2.75) is 234 Å². The van der Waals surface area contributed by atoms with Gasteiger partial charge in [-0.05, 0) is 38.5 Å². The molecule has 1 saturated carbocycles. The summed E-state index contributed by atoms with van der Waals surface area (Å²) in [5.41, 5.74) is 0. The first kappa shape index (κ1) is 89.8. The number of hydrogen-bond acceptors (Lipinski definition) is 29. The quantitative estimate of drug-likeness (QED) is 0.0252. The van der Waals surface area contributed by atoms with Crippen molar-refractivity contribution in [3.05, 3.63) is 0 Å². The molecular formula is C65H115N9O29. The van der Waals surface area contributed by atoms with Gasteiger partial charge in [-0.25, -0.2) is 0 Å². The lowest BCUT2D eigenvalue weighted by atomic mass is 9.96. The van der Waals surface area contributed by atoms with Crippen molar-refractivity contribution >= 4 is 53.2 Å². The van der Waals surface area contributed by atoms with Crippen LogP contribution in [0.4, 0.5) is 0 Å². The van der Waals surface area contributed by atoms with Gasteiger partial charge in [-0.2, -0.15) is 0 Å². The number of amides is 9. The summed E-state index contributed by atoms with van der Waals surface area (Å²) >= 11 is 0. The standard InChI is InChI=1S/C65H115N9O29/c1-37(79)69-52-58(90)55(87)41(33-76)36-101-63(52)98-27-24-96-22-19-68-62(94)44(73-50(85)13-11-9-7-5-4-6-8-10-12-49(84)72-42-30-40(32-75)45(82)31-42)15-17-51(86)74-43(61(93)67-20-23-97-26-29-100-65-54(71-39(3)81)60(92)57(89)47(35-78)103-65)14-16-48(83)66-18-21-95-25-28-99-64-53(70-38(2)80)59(91)56(88)46(34-77)102-64/h40-47,52-60,63-65,75-78,82,87-92H,4-36H2,1-3H3,(H,66,83)(H,67,93)(H,68,94)(H,69,79)(H,70,80)(H,71,81)(H,72,84)(H,73,85)(H,74,86)/t40-,41?,42-,43?,44?,45+,46?,47?,52?,53?,54?,55?,56?,57?,58?,59?,60?,63?,64?,65?/m0/s1. The van der Waals surface area contributed by atoms with E-state index in [0.29, 0.717) is 38.5 Å². The van der Waals surface area contributed by atoms with E-state index in [1.165, 1.54) is 20.8 Å². The molecule has 103 heavy (non-hydrogen) atoms. The van der Waals surface area contributed by atoms with Crippen molar-refractivity contribution in [3.8, 4) is 0 Å². The molecule has 0 aromatic heterocycles. The maximum atomic E-state index is 13.8. The zero-order valence-corrected chi connectivity index (χ0v) is 59.1. The van der Waals surface area contributed by atoms with Crippen LogP contribution in [0.2, 0.25) is 0 Å². The van der Waals surface area contributed by atoms with E-state index in [-0.39, 0.29) is 136 Å². The number of unbranched alkanes of at least 4 members (excludes halogenated alkanes) is 7. The van der Waals surface area contributed by atoms with E-state index in [2.05, 4.69) is 47.9 Å². The molecule has 0 spiro atoms. The minimum absolute atomic E-state index is 0.0217. The molecule has 3 saturated heterocycles. The summed E-state index contributed by atoms with van der Waals surface area (Å²) in [6.45, 7) is 0.305. The Bertz CT molecular complexity index is 2520. The summed E-state index contributed by atoms with van der Waals surface area (Å²) in [6.07, 6.45) is -9.46. The number of hydrogen-bond donors (Lipinski definition) is 20. The highest BCUT2D eigenvalue weighted by atomic mass is 16.7. The third-order valence-electron chi connectivity index (χ3n) is 17.7. The van der Waals surface area contributed by atoms with Crippen molar-refractivity contribution in [2.75, 3.05) is 112 Å². The van der Waals surface area contributed by atoms with E-state index in [1.54, 1.807) is 0 Å². The topological polar surface area (TPSA) is 568 Å². The van der Waals surface area contributed by atoms with Crippen molar-refractivity contribution < 1.29 is 142 Å². The van der Waals surface area contributed by atoms with E-state index >= 15 is 0 Å². The molecule has 20 N–H and O–H groups in total. The van der Waals surface area contributed by atoms with Gasteiger partial charge in [0, 0.05) is 90.6 Å². The minimum atomic E-state index is -1.54. The summed E-state index contributed by atoms with van der Waals surface area (Å²) in [6, 6.07) is -6.32. The molecular weight excluding hydrogens is 1370 g/mol. The van der Waals surface area contributed by atoms with Gasteiger partial charge in [0.2, 0.25) is 53.2 Å². The molecule has 0 aromatic carbocycles. The molecule has 3 heterocycles. The van der Waals surface area contributed by atoms with E-state index in [1.807, 2.05) is 0 Å². The van der Waals surface area contributed by atoms with Gasteiger partial charge in [0.1, 0.15) is 72.9 Å².